The number of carbonyl (C=O) groups excluding carboxylic acids is 2. The third-order valence-corrected chi connectivity index (χ3v) is 3.26. The summed E-state index contributed by atoms with van der Waals surface area (Å²) in [6, 6.07) is 7.01. The van der Waals surface area contributed by atoms with E-state index in [1.54, 1.807) is 24.3 Å². The predicted octanol–water partition coefficient (Wildman–Crippen LogP) is 2.52. The molecular formula is C15H21BrN2O4. The maximum Gasteiger partial charge on any atom is 0.412 e. The van der Waals surface area contributed by atoms with Gasteiger partial charge in [-0.1, -0.05) is 29.8 Å². The monoisotopic (exact) mass is 372 g/mol. The zero-order valence-electron chi connectivity index (χ0n) is 12.6. The van der Waals surface area contributed by atoms with E-state index < -0.39 is 18.1 Å². The highest BCUT2D eigenvalue weighted by atomic mass is 79.9. The first-order valence-electron chi connectivity index (χ1n) is 7.04. The molecule has 0 fully saturated rings. The van der Waals surface area contributed by atoms with Crippen LogP contribution >= 0.6 is 15.9 Å². The predicted molar refractivity (Wildman–Crippen MR) is 87.6 cm³/mol. The number of halogens is 1. The number of nitrogens with one attached hydrogen (secondary N) is 2. The Morgan fingerprint density at radius 1 is 1.27 bits per heavy atom. The summed E-state index contributed by atoms with van der Waals surface area (Å²) in [6.45, 7) is 3.83. The molecule has 0 spiro atoms. The minimum atomic E-state index is -0.887. The molecule has 1 aromatic carbocycles. The lowest BCUT2D eigenvalue weighted by Crippen LogP contribution is -2.40. The molecule has 7 heteroatoms. The van der Waals surface area contributed by atoms with Crippen LogP contribution in [0.5, 0.6) is 0 Å². The van der Waals surface area contributed by atoms with Gasteiger partial charge in [-0.2, -0.15) is 0 Å². The molecule has 0 aliphatic carbocycles. The first kappa shape index (κ1) is 18.4. The van der Waals surface area contributed by atoms with Crippen LogP contribution in [0.2, 0.25) is 0 Å². The van der Waals surface area contributed by atoms with Crippen LogP contribution in [-0.4, -0.2) is 36.4 Å². The van der Waals surface area contributed by atoms with Gasteiger partial charge in [-0.05, 0) is 36.6 Å². The summed E-state index contributed by atoms with van der Waals surface area (Å²) in [7, 11) is 0. The van der Waals surface area contributed by atoms with Crippen LogP contribution in [0.25, 0.3) is 0 Å². The third-order valence-electron chi connectivity index (χ3n) is 2.73. The second-order valence-electron chi connectivity index (χ2n) is 5.17. The van der Waals surface area contributed by atoms with Gasteiger partial charge in [0.1, 0.15) is 0 Å². The van der Waals surface area contributed by atoms with Crippen molar-refractivity contribution in [2.24, 2.45) is 5.92 Å². The molecule has 1 rings (SSSR count). The summed E-state index contributed by atoms with van der Waals surface area (Å²) in [5.41, 5.74) is 0.576. The van der Waals surface area contributed by atoms with Crippen LogP contribution in [0.4, 0.5) is 10.5 Å². The molecule has 2 amide bonds. The Morgan fingerprint density at radius 2 is 1.91 bits per heavy atom. The van der Waals surface area contributed by atoms with E-state index in [4.69, 9.17) is 9.84 Å². The van der Waals surface area contributed by atoms with Crippen molar-refractivity contribution in [3.8, 4) is 0 Å². The topological polar surface area (TPSA) is 87.7 Å². The molecule has 22 heavy (non-hydrogen) atoms. The van der Waals surface area contributed by atoms with Crippen molar-refractivity contribution in [3.63, 3.8) is 0 Å². The molecule has 122 valence electrons. The fourth-order valence-electron chi connectivity index (χ4n) is 1.74. The molecule has 0 aromatic heterocycles. The van der Waals surface area contributed by atoms with E-state index in [0.717, 1.165) is 4.47 Å². The first-order chi connectivity index (χ1) is 10.4. The molecule has 1 aromatic rings. The standard InChI is InChI=1S/C15H21BrN2O4/c1-10(2)9-13(14(20)17-7-8-19)22-15(21)18-12-5-3-11(16)4-6-12/h3-6,10,13,19H,7-9H2,1-2H3,(H,17,20)(H,18,21). The number of carbonyl (C=O) groups is 2. The van der Waals surface area contributed by atoms with Gasteiger partial charge in [-0.25, -0.2) is 4.79 Å². The molecule has 0 heterocycles. The average Bonchev–Trinajstić information content (AvgIpc) is 2.46. The highest BCUT2D eigenvalue weighted by molar-refractivity contribution is 9.10. The normalized spacial score (nSPS) is 11.9. The third kappa shape index (κ3) is 6.91. The molecule has 0 aliphatic rings. The first-order valence-corrected chi connectivity index (χ1v) is 7.83. The second kappa shape index (κ2) is 9.42. The van der Waals surface area contributed by atoms with Gasteiger partial charge < -0.3 is 15.2 Å². The molecule has 0 saturated carbocycles. The molecule has 0 aliphatic heterocycles. The number of amides is 2. The molecular weight excluding hydrogens is 352 g/mol. The number of benzene rings is 1. The van der Waals surface area contributed by atoms with Crippen molar-refractivity contribution in [1.29, 1.82) is 0 Å². The van der Waals surface area contributed by atoms with E-state index in [1.165, 1.54) is 0 Å². The fraction of sp³-hybridized carbons (Fsp3) is 0.467. The highest BCUT2D eigenvalue weighted by Gasteiger charge is 2.23. The fourth-order valence-corrected chi connectivity index (χ4v) is 2.00. The van der Waals surface area contributed by atoms with Gasteiger partial charge in [-0.15, -0.1) is 0 Å². The SMILES string of the molecule is CC(C)CC(OC(=O)Nc1ccc(Br)cc1)C(=O)NCCO. The number of hydrogen-bond acceptors (Lipinski definition) is 4. The lowest BCUT2D eigenvalue weighted by atomic mass is 10.1. The summed E-state index contributed by atoms with van der Waals surface area (Å²) < 4.78 is 6.09. The second-order valence-corrected chi connectivity index (χ2v) is 6.09. The van der Waals surface area contributed by atoms with Crippen LogP contribution in [0, 0.1) is 5.92 Å². The van der Waals surface area contributed by atoms with Gasteiger partial charge in [0.25, 0.3) is 5.91 Å². The van der Waals surface area contributed by atoms with Gasteiger partial charge in [0.2, 0.25) is 0 Å². The smallest absolute Gasteiger partial charge is 0.412 e. The average molecular weight is 373 g/mol. The Labute approximate surface area is 138 Å². The number of ether oxygens (including phenoxy) is 1. The molecule has 0 saturated heterocycles. The van der Waals surface area contributed by atoms with E-state index in [2.05, 4.69) is 26.6 Å². The van der Waals surface area contributed by atoms with Crippen molar-refractivity contribution in [3.05, 3.63) is 28.7 Å². The molecule has 1 atom stereocenters. The van der Waals surface area contributed by atoms with E-state index in [-0.39, 0.29) is 19.1 Å². The minimum absolute atomic E-state index is 0.130. The van der Waals surface area contributed by atoms with Crippen LogP contribution in [0.3, 0.4) is 0 Å². The van der Waals surface area contributed by atoms with Gasteiger partial charge in [0.05, 0.1) is 6.61 Å². The largest absolute Gasteiger partial charge is 0.436 e. The molecule has 1 unspecified atom stereocenters. The Balaban J connectivity index is 2.61. The zero-order chi connectivity index (χ0) is 16.5. The van der Waals surface area contributed by atoms with E-state index in [1.807, 2.05) is 13.8 Å². The van der Waals surface area contributed by atoms with Crippen LogP contribution in [-0.2, 0) is 9.53 Å². The molecule has 6 nitrogen and oxygen atoms in total. The van der Waals surface area contributed by atoms with E-state index in [0.29, 0.717) is 12.1 Å². The van der Waals surface area contributed by atoms with Crippen molar-refractivity contribution in [2.75, 3.05) is 18.5 Å². The molecule has 0 bridgehead atoms. The lowest BCUT2D eigenvalue weighted by Gasteiger charge is -2.19. The molecule has 3 N–H and O–H groups in total. The number of aliphatic hydroxyl groups excluding tert-OH is 1. The van der Waals surface area contributed by atoms with Crippen molar-refractivity contribution >= 4 is 33.6 Å². The summed E-state index contributed by atoms with van der Waals surface area (Å²) in [5, 5.41) is 13.8. The van der Waals surface area contributed by atoms with E-state index >= 15 is 0 Å². The number of anilines is 1. The van der Waals surface area contributed by atoms with Gasteiger partial charge in [0.15, 0.2) is 6.10 Å². The Bertz CT molecular complexity index is 491. The van der Waals surface area contributed by atoms with Crippen molar-refractivity contribution < 1.29 is 19.4 Å². The highest BCUT2D eigenvalue weighted by Crippen LogP contribution is 2.15. The Morgan fingerprint density at radius 3 is 2.45 bits per heavy atom. The van der Waals surface area contributed by atoms with Crippen LogP contribution in [0.1, 0.15) is 20.3 Å². The van der Waals surface area contributed by atoms with Gasteiger partial charge >= 0.3 is 6.09 Å². The van der Waals surface area contributed by atoms with Gasteiger partial charge in [0, 0.05) is 16.7 Å². The number of aliphatic hydroxyl groups is 1. The van der Waals surface area contributed by atoms with Crippen LogP contribution < -0.4 is 10.6 Å². The maximum atomic E-state index is 11.9. The maximum absolute atomic E-state index is 11.9. The van der Waals surface area contributed by atoms with Gasteiger partial charge in [-0.3, -0.25) is 10.1 Å². The summed E-state index contributed by atoms with van der Waals surface area (Å²) >= 11 is 3.30. The zero-order valence-corrected chi connectivity index (χ0v) is 14.2. The summed E-state index contributed by atoms with van der Waals surface area (Å²) in [5.74, 6) is -0.223. The molecule has 0 radical (unpaired) electrons. The summed E-state index contributed by atoms with van der Waals surface area (Å²) in [6.07, 6.45) is -1.17. The van der Waals surface area contributed by atoms with Crippen molar-refractivity contribution in [2.45, 2.75) is 26.4 Å². The number of hydrogen-bond donors (Lipinski definition) is 3. The number of rotatable bonds is 7. The van der Waals surface area contributed by atoms with E-state index in [9.17, 15) is 9.59 Å². The van der Waals surface area contributed by atoms with Crippen LogP contribution in [0.15, 0.2) is 28.7 Å². The Kier molecular flexibility index (Phi) is 7.90. The van der Waals surface area contributed by atoms with Crippen molar-refractivity contribution in [1.82, 2.24) is 5.32 Å². The summed E-state index contributed by atoms with van der Waals surface area (Å²) in [4.78, 5) is 23.8. The minimum Gasteiger partial charge on any atom is -0.436 e. The Hall–Kier alpha value is -1.60. The quantitative estimate of drug-likeness (QED) is 0.686. The lowest BCUT2D eigenvalue weighted by molar-refractivity contribution is -0.130.